The maximum Gasteiger partial charge on any atom is 0.169 e. The number of rotatable bonds is 4. The minimum atomic E-state index is 0.320. The van der Waals surface area contributed by atoms with Gasteiger partial charge in [0.05, 0.1) is 0 Å². The molecule has 1 saturated carbocycles. The topological polar surface area (TPSA) is 37.3 Å². The van der Waals surface area contributed by atoms with Gasteiger partial charge < -0.3 is 5.11 Å². The van der Waals surface area contributed by atoms with Gasteiger partial charge in [0.2, 0.25) is 0 Å². The third-order valence-corrected chi connectivity index (χ3v) is 6.88. The van der Waals surface area contributed by atoms with E-state index in [-0.39, 0.29) is 0 Å². The molecule has 0 radical (unpaired) electrons. The van der Waals surface area contributed by atoms with Gasteiger partial charge in [0.25, 0.3) is 0 Å². The average molecular weight is 345 g/mol. The molecule has 0 saturated heterocycles. The summed E-state index contributed by atoms with van der Waals surface area (Å²) in [5, 5.41) is 9.87. The molecule has 0 aromatic heterocycles. The molecule has 3 heteroatoms. The quantitative estimate of drug-likeness (QED) is 0.801. The highest BCUT2D eigenvalue weighted by atomic mass is 32.2. The van der Waals surface area contributed by atoms with Crippen LogP contribution in [0.25, 0.3) is 0 Å². The largest absolute Gasteiger partial charge is 0.507 e. The Bertz CT molecular complexity index is 677. The smallest absolute Gasteiger partial charge is 0.169 e. The number of aryl methyl sites for hydroxylation is 3. The number of fused-ring (bicyclic) bond motifs is 1. The number of Topliss-reactive ketones (excluding diaryl/α,β-unsaturated/α-hetero) is 1. The molecule has 2 aliphatic rings. The van der Waals surface area contributed by atoms with E-state index in [0.717, 1.165) is 40.2 Å². The van der Waals surface area contributed by atoms with Crippen LogP contribution in [0.15, 0.2) is 22.6 Å². The molecule has 1 aliphatic heterocycles. The van der Waals surface area contributed by atoms with Crippen molar-refractivity contribution in [2.24, 2.45) is 11.3 Å². The molecule has 0 amide bonds. The molecule has 24 heavy (non-hydrogen) atoms. The summed E-state index contributed by atoms with van der Waals surface area (Å²) in [5.41, 5.74) is 4.80. The van der Waals surface area contributed by atoms with Gasteiger partial charge in [-0.1, -0.05) is 26.0 Å². The molecule has 0 spiro atoms. The van der Waals surface area contributed by atoms with Crippen LogP contribution in [0.2, 0.25) is 0 Å². The summed E-state index contributed by atoms with van der Waals surface area (Å²) in [6.07, 6.45) is 4.86. The van der Waals surface area contributed by atoms with Gasteiger partial charge in [-0.15, -0.1) is 11.8 Å². The fourth-order valence-electron chi connectivity index (χ4n) is 4.13. The first-order valence-electron chi connectivity index (χ1n) is 8.95. The number of carbonyl (C=O) groups is 1. The number of hydrogen-bond acceptors (Lipinski definition) is 3. The van der Waals surface area contributed by atoms with Crippen molar-refractivity contribution < 1.29 is 9.90 Å². The Hall–Kier alpha value is -1.22. The predicted octanol–water partition coefficient (Wildman–Crippen LogP) is 5.34. The summed E-state index contributed by atoms with van der Waals surface area (Å²) in [6.45, 7) is 8.53. The first-order valence-corrected chi connectivity index (χ1v) is 9.93. The summed E-state index contributed by atoms with van der Waals surface area (Å²) in [6, 6.07) is 4.00. The molecular weight excluding hydrogens is 316 g/mol. The molecule has 2 nitrogen and oxygen atoms in total. The highest BCUT2D eigenvalue weighted by molar-refractivity contribution is 8.04. The Morgan fingerprint density at radius 1 is 1.29 bits per heavy atom. The van der Waals surface area contributed by atoms with Crippen molar-refractivity contribution in [3.05, 3.63) is 39.3 Å². The lowest BCUT2D eigenvalue weighted by Crippen LogP contribution is -2.24. The van der Waals surface area contributed by atoms with Crippen LogP contribution in [0.5, 0.6) is 5.75 Å². The standard InChI is InChI=1S/C21H28O2S/c1-13-9-15(10-14(2)19(13)23)5-6-18(22)20-17-7-8-21(3,4)11-16(17)12-24-20/h9-10,16,23H,5-8,11-12H2,1-4H3. The number of carbonyl (C=O) groups excluding carboxylic acids is 1. The summed E-state index contributed by atoms with van der Waals surface area (Å²) in [5.74, 6) is 2.41. The van der Waals surface area contributed by atoms with E-state index in [0.29, 0.717) is 29.3 Å². The highest BCUT2D eigenvalue weighted by Crippen LogP contribution is 2.50. The van der Waals surface area contributed by atoms with Crippen molar-refractivity contribution in [2.45, 2.75) is 59.8 Å². The number of allylic oxidation sites excluding steroid dienone is 2. The Balaban J connectivity index is 1.68. The van der Waals surface area contributed by atoms with E-state index in [1.54, 1.807) is 11.8 Å². The molecule has 1 N–H and O–H groups in total. The lowest BCUT2D eigenvalue weighted by molar-refractivity contribution is -0.114. The maximum atomic E-state index is 12.7. The molecule has 1 heterocycles. The minimum Gasteiger partial charge on any atom is -0.507 e. The second-order valence-corrected chi connectivity index (χ2v) is 9.26. The van der Waals surface area contributed by atoms with E-state index in [1.807, 2.05) is 26.0 Å². The number of benzene rings is 1. The van der Waals surface area contributed by atoms with E-state index in [1.165, 1.54) is 18.4 Å². The first-order chi connectivity index (χ1) is 11.3. The monoisotopic (exact) mass is 344 g/mol. The van der Waals surface area contributed by atoms with Crippen LogP contribution in [-0.2, 0) is 11.2 Å². The Kier molecular flexibility index (Phi) is 4.83. The second-order valence-electron chi connectivity index (χ2n) is 8.23. The molecule has 3 rings (SSSR count). The van der Waals surface area contributed by atoms with Crippen LogP contribution in [0.1, 0.15) is 56.2 Å². The highest BCUT2D eigenvalue weighted by Gasteiger charge is 2.37. The zero-order valence-corrected chi connectivity index (χ0v) is 16.1. The van der Waals surface area contributed by atoms with Crippen molar-refractivity contribution in [3.8, 4) is 5.75 Å². The zero-order chi connectivity index (χ0) is 17.5. The van der Waals surface area contributed by atoms with E-state index in [4.69, 9.17) is 0 Å². The minimum absolute atomic E-state index is 0.320. The number of phenols is 1. The van der Waals surface area contributed by atoms with Gasteiger partial charge in [0.15, 0.2) is 5.78 Å². The molecular formula is C21H28O2S. The molecule has 1 aliphatic carbocycles. The van der Waals surface area contributed by atoms with Crippen molar-refractivity contribution in [1.29, 1.82) is 0 Å². The van der Waals surface area contributed by atoms with Gasteiger partial charge >= 0.3 is 0 Å². The Morgan fingerprint density at radius 3 is 2.62 bits per heavy atom. The van der Waals surface area contributed by atoms with Gasteiger partial charge in [0.1, 0.15) is 5.75 Å². The predicted molar refractivity (Wildman–Crippen MR) is 102 cm³/mol. The lowest BCUT2D eigenvalue weighted by Gasteiger charge is -2.34. The average Bonchev–Trinajstić information content (AvgIpc) is 2.91. The second kappa shape index (κ2) is 6.59. The fourth-order valence-corrected chi connectivity index (χ4v) is 5.53. The number of ketones is 1. The third-order valence-electron chi connectivity index (χ3n) is 5.53. The maximum absolute atomic E-state index is 12.7. The fraction of sp³-hybridized carbons (Fsp3) is 0.571. The SMILES string of the molecule is Cc1cc(CCC(=O)C2=C3CCC(C)(C)CC3CS2)cc(C)c1O. The number of hydrogen-bond donors (Lipinski definition) is 1. The Morgan fingerprint density at radius 2 is 1.96 bits per heavy atom. The molecule has 1 unspecified atom stereocenters. The van der Waals surface area contributed by atoms with Gasteiger partial charge in [0, 0.05) is 17.1 Å². The van der Waals surface area contributed by atoms with E-state index in [2.05, 4.69) is 13.8 Å². The van der Waals surface area contributed by atoms with Crippen LogP contribution in [-0.4, -0.2) is 16.6 Å². The molecule has 1 fully saturated rings. The number of thioether (sulfide) groups is 1. The summed E-state index contributed by atoms with van der Waals surface area (Å²) >= 11 is 1.79. The van der Waals surface area contributed by atoms with Gasteiger partial charge in [-0.25, -0.2) is 0 Å². The number of aromatic hydroxyl groups is 1. The van der Waals surface area contributed by atoms with Crippen LogP contribution in [0.3, 0.4) is 0 Å². The van der Waals surface area contributed by atoms with Gasteiger partial charge in [-0.3, -0.25) is 4.79 Å². The van der Waals surface area contributed by atoms with Crippen LogP contribution < -0.4 is 0 Å². The summed E-state index contributed by atoms with van der Waals surface area (Å²) < 4.78 is 0. The van der Waals surface area contributed by atoms with Crippen LogP contribution >= 0.6 is 11.8 Å². The lowest BCUT2D eigenvalue weighted by atomic mass is 9.70. The molecule has 130 valence electrons. The Labute approximate surface area is 149 Å². The molecule has 0 bridgehead atoms. The molecule has 1 aromatic carbocycles. The van der Waals surface area contributed by atoms with Crippen LogP contribution in [0.4, 0.5) is 0 Å². The van der Waals surface area contributed by atoms with E-state index in [9.17, 15) is 9.90 Å². The summed E-state index contributed by atoms with van der Waals surface area (Å²) in [7, 11) is 0. The van der Waals surface area contributed by atoms with Crippen molar-refractivity contribution in [2.75, 3.05) is 5.75 Å². The zero-order valence-electron chi connectivity index (χ0n) is 15.2. The molecule has 1 atom stereocenters. The van der Waals surface area contributed by atoms with Crippen molar-refractivity contribution in [3.63, 3.8) is 0 Å². The number of phenolic OH excluding ortho intramolecular Hbond substituents is 1. The first kappa shape index (κ1) is 17.6. The van der Waals surface area contributed by atoms with Crippen molar-refractivity contribution >= 4 is 17.5 Å². The molecule has 1 aromatic rings. The third kappa shape index (κ3) is 3.56. The van der Waals surface area contributed by atoms with E-state index >= 15 is 0 Å². The van der Waals surface area contributed by atoms with Gasteiger partial charge in [-0.05, 0) is 73.1 Å². The van der Waals surface area contributed by atoms with Crippen molar-refractivity contribution in [1.82, 2.24) is 0 Å². The normalized spacial score (nSPS) is 22.6. The van der Waals surface area contributed by atoms with Crippen LogP contribution in [0, 0.1) is 25.2 Å². The van der Waals surface area contributed by atoms with E-state index < -0.39 is 0 Å². The van der Waals surface area contributed by atoms with Gasteiger partial charge in [-0.2, -0.15) is 0 Å². The summed E-state index contributed by atoms with van der Waals surface area (Å²) in [4.78, 5) is 13.8.